The molecule has 4 rings (SSSR count). The third kappa shape index (κ3) is 2.87. The van der Waals surface area contributed by atoms with Crippen LogP contribution in [0.3, 0.4) is 0 Å². The van der Waals surface area contributed by atoms with Crippen molar-refractivity contribution in [2.75, 3.05) is 13.1 Å². The number of carbonyl (C=O) groups excluding carboxylic acids is 1. The SMILES string of the molecule is [CH2]C1CN(C(=O)c2cc(Cc3n[nH]c(=O)c4ccccc34)ccc2F)C1. The highest BCUT2D eigenvalue weighted by Crippen LogP contribution is 2.22. The molecule has 1 N–H and O–H groups in total. The number of halogens is 1. The monoisotopic (exact) mass is 350 g/mol. The third-order valence-electron chi connectivity index (χ3n) is 4.65. The predicted molar refractivity (Wildman–Crippen MR) is 96.3 cm³/mol. The summed E-state index contributed by atoms with van der Waals surface area (Å²) in [6.07, 6.45) is 0.385. The van der Waals surface area contributed by atoms with Crippen LogP contribution in [0.5, 0.6) is 0 Å². The smallest absolute Gasteiger partial charge is 0.272 e. The van der Waals surface area contributed by atoms with E-state index in [2.05, 4.69) is 17.1 Å². The largest absolute Gasteiger partial charge is 0.338 e. The van der Waals surface area contributed by atoms with Gasteiger partial charge in [0.2, 0.25) is 0 Å². The van der Waals surface area contributed by atoms with Gasteiger partial charge in [-0.05, 0) is 36.6 Å². The van der Waals surface area contributed by atoms with Gasteiger partial charge in [0, 0.05) is 24.9 Å². The number of nitrogens with zero attached hydrogens (tertiary/aromatic N) is 2. The van der Waals surface area contributed by atoms with Gasteiger partial charge in [-0.1, -0.05) is 24.3 Å². The number of aromatic nitrogens is 2. The molecule has 1 radical (unpaired) electrons. The van der Waals surface area contributed by atoms with Gasteiger partial charge in [-0.25, -0.2) is 9.49 Å². The maximum Gasteiger partial charge on any atom is 0.272 e. The average molecular weight is 350 g/mol. The van der Waals surface area contributed by atoms with Gasteiger partial charge in [-0.15, -0.1) is 0 Å². The molecule has 0 atom stereocenters. The van der Waals surface area contributed by atoms with Crippen molar-refractivity contribution >= 4 is 16.7 Å². The van der Waals surface area contributed by atoms with Crippen molar-refractivity contribution in [3.05, 3.63) is 82.4 Å². The van der Waals surface area contributed by atoms with Gasteiger partial charge >= 0.3 is 0 Å². The quantitative estimate of drug-likeness (QED) is 0.789. The highest BCUT2D eigenvalue weighted by molar-refractivity contribution is 5.95. The van der Waals surface area contributed by atoms with E-state index < -0.39 is 5.82 Å². The molecule has 3 aromatic rings. The normalized spacial score (nSPS) is 14.5. The first kappa shape index (κ1) is 16.4. The van der Waals surface area contributed by atoms with Crippen molar-refractivity contribution in [3.63, 3.8) is 0 Å². The molecule has 2 aromatic carbocycles. The highest BCUT2D eigenvalue weighted by Gasteiger charge is 2.29. The fourth-order valence-corrected chi connectivity index (χ4v) is 3.25. The van der Waals surface area contributed by atoms with Crippen LogP contribution in [0.1, 0.15) is 21.6 Å². The van der Waals surface area contributed by atoms with E-state index in [1.807, 2.05) is 12.1 Å². The van der Waals surface area contributed by atoms with Crippen molar-refractivity contribution in [3.8, 4) is 0 Å². The summed E-state index contributed by atoms with van der Waals surface area (Å²) in [5.74, 6) is -0.643. The molecule has 1 aliphatic heterocycles. The van der Waals surface area contributed by atoms with Crippen LogP contribution in [0.15, 0.2) is 47.3 Å². The fourth-order valence-electron chi connectivity index (χ4n) is 3.25. The summed E-state index contributed by atoms with van der Waals surface area (Å²) in [5, 5.41) is 7.93. The molecule has 0 spiro atoms. The zero-order valence-electron chi connectivity index (χ0n) is 14.0. The molecule has 0 unspecified atom stereocenters. The molecule has 0 aliphatic carbocycles. The number of H-pyrrole nitrogens is 1. The van der Waals surface area contributed by atoms with Crippen molar-refractivity contribution in [1.82, 2.24) is 15.1 Å². The van der Waals surface area contributed by atoms with Crippen LogP contribution < -0.4 is 5.56 Å². The van der Waals surface area contributed by atoms with Crippen LogP contribution in [-0.4, -0.2) is 34.1 Å². The molecule has 26 heavy (non-hydrogen) atoms. The summed E-state index contributed by atoms with van der Waals surface area (Å²) < 4.78 is 14.2. The zero-order chi connectivity index (χ0) is 18.3. The summed E-state index contributed by atoms with van der Waals surface area (Å²) in [4.78, 5) is 25.9. The minimum Gasteiger partial charge on any atom is -0.338 e. The van der Waals surface area contributed by atoms with Crippen molar-refractivity contribution < 1.29 is 9.18 Å². The van der Waals surface area contributed by atoms with Gasteiger partial charge in [0.15, 0.2) is 0 Å². The van der Waals surface area contributed by atoms with Gasteiger partial charge in [0.1, 0.15) is 5.82 Å². The number of nitrogens with one attached hydrogen (secondary N) is 1. The highest BCUT2D eigenvalue weighted by atomic mass is 19.1. The average Bonchev–Trinajstić information content (AvgIpc) is 2.62. The Balaban J connectivity index is 1.68. The molecular formula is C20H17FN3O2. The Hall–Kier alpha value is -3.02. The molecule has 0 bridgehead atoms. The van der Waals surface area contributed by atoms with Gasteiger partial charge in [-0.2, -0.15) is 5.10 Å². The third-order valence-corrected chi connectivity index (χ3v) is 4.65. The Morgan fingerprint density at radius 1 is 1.23 bits per heavy atom. The summed E-state index contributed by atoms with van der Waals surface area (Å²) in [6.45, 7) is 4.98. The fraction of sp³-hybridized carbons (Fsp3) is 0.200. The second-order valence-corrected chi connectivity index (χ2v) is 6.61. The summed E-state index contributed by atoms with van der Waals surface area (Å²) in [5.41, 5.74) is 1.24. The minimum absolute atomic E-state index is 0.0585. The van der Waals surface area contributed by atoms with Gasteiger partial charge in [-0.3, -0.25) is 9.59 Å². The molecule has 131 valence electrons. The second kappa shape index (κ2) is 6.37. The van der Waals surface area contributed by atoms with E-state index in [9.17, 15) is 14.0 Å². The molecule has 5 nitrogen and oxygen atoms in total. The maximum atomic E-state index is 14.2. The summed E-state index contributed by atoms with van der Waals surface area (Å²) in [7, 11) is 0. The van der Waals surface area contributed by atoms with Crippen molar-refractivity contribution in [2.24, 2.45) is 5.92 Å². The van der Waals surface area contributed by atoms with Crippen LogP contribution in [0.25, 0.3) is 10.8 Å². The number of fused-ring (bicyclic) bond motifs is 1. The molecule has 6 heteroatoms. The molecule has 1 fully saturated rings. The van der Waals surface area contributed by atoms with Gasteiger partial charge in [0.05, 0.1) is 16.6 Å². The topological polar surface area (TPSA) is 66.1 Å². The zero-order valence-corrected chi connectivity index (χ0v) is 14.0. The number of rotatable bonds is 3. The van der Waals surface area contributed by atoms with Gasteiger partial charge in [0.25, 0.3) is 11.5 Å². The van der Waals surface area contributed by atoms with Crippen molar-refractivity contribution in [2.45, 2.75) is 6.42 Å². The van der Waals surface area contributed by atoms with Crippen LogP contribution in [0, 0.1) is 18.7 Å². The van der Waals surface area contributed by atoms with Crippen LogP contribution in [0.4, 0.5) is 4.39 Å². The van der Waals surface area contributed by atoms with E-state index >= 15 is 0 Å². The maximum absolute atomic E-state index is 14.2. The van der Waals surface area contributed by atoms with E-state index in [1.54, 1.807) is 29.2 Å². The molecule has 1 aromatic heterocycles. The molecule has 1 saturated heterocycles. The lowest BCUT2D eigenvalue weighted by Crippen LogP contribution is -2.49. The number of hydrogen-bond acceptors (Lipinski definition) is 3. The lowest BCUT2D eigenvalue weighted by atomic mass is 9.99. The minimum atomic E-state index is -0.537. The van der Waals surface area contributed by atoms with E-state index in [0.29, 0.717) is 30.6 Å². The summed E-state index contributed by atoms with van der Waals surface area (Å²) >= 11 is 0. The number of aromatic amines is 1. The molecule has 0 saturated carbocycles. The Morgan fingerprint density at radius 3 is 2.69 bits per heavy atom. The van der Waals surface area contributed by atoms with E-state index in [-0.39, 0.29) is 22.9 Å². The molecule has 1 aliphatic rings. The lowest BCUT2D eigenvalue weighted by Gasteiger charge is -2.37. The lowest BCUT2D eigenvalue weighted by molar-refractivity contribution is 0.0560. The first-order valence-electron chi connectivity index (χ1n) is 8.40. The number of benzene rings is 2. The summed E-state index contributed by atoms with van der Waals surface area (Å²) in [6, 6.07) is 11.7. The number of likely N-dealkylation sites (tertiary alicyclic amines) is 1. The number of hydrogen-bond donors (Lipinski definition) is 1. The van der Waals surface area contributed by atoms with E-state index in [4.69, 9.17) is 0 Å². The van der Waals surface area contributed by atoms with Crippen LogP contribution >= 0.6 is 0 Å². The number of carbonyl (C=O) groups is 1. The van der Waals surface area contributed by atoms with Crippen LogP contribution in [0.2, 0.25) is 0 Å². The standard InChI is InChI=1S/C20H17FN3O2/c1-12-10-24(11-12)20(26)16-8-13(6-7-17(16)21)9-18-14-4-2-3-5-15(14)19(25)23-22-18/h2-8,12H,1,9-11H2,(H,23,25). The van der Waals surface area contributed by atoms with Crippen molar-refractivity contribution in [1.29, 1.82) is 0 Å². The number of amides is 1. The first-order chi connectivity index (χ1) is 12.5. The second-order valence-electron chi connectivity index (χ2n) is 6.61. The molecular weight excluding hydrogens is 333 g/mol. The van der Waals surface area contributed by atoms with Gasteiger partial charge < -0.3 is 4.90 Å². The predicted octanol–water partition coefficient (Wildman–Crippen LogP) is 2.56. The van der Waals surface area contributed by atoms with E-state index in [1.165, 1.54) is 6.07 Å². The Labute approximate surface area is 149 Å². The molecule has 1 amide bonds. The Morgan fingerprint density at radius 2 is 1.96 bits per heavy atom. The Bertz CT molecular complexity index is 1050. The van der Waals surface area contributed by atoms with E-state index in [0.717, 1.165) is 10.9 Å². The molecule has 2 heterocycles. The van der Waals surface area contributed by atoms with Crippen LogP contribution in [-0.2, 0) is 6.42 Å². The first-order valence-corrected chi connectivity index (χ1v) is 8.40. The Kier molecular flexibility index (Phi) is 4.03.